The highest BCUT2D eigenvalue weighted by Gasteiger charge is 2.30. The lowest BCUT2D eigenvalue weighted by molar-refractivity contribution is 0.455. The number of anilines is 1. The maximum Gasteiger partial charge on any atom is 0.266 e. The summed E-state index contributed by atoms with van der Waals surface area (Å²) in [6.07, 6.45) is 8.43. The predicted octanol–water partition coefficient (Wildman–Crippen LogP) is 2.88. The van der Waals surface area contributed by atoms with Crippen LogP contribution in [-0.4, -0.2) is 32.3 Å². The van der Waals surface area contributed by atoms with Crippen LogP contribution in [0.3, 0.4) is 0 Å². The molecule has 1 saturated heterocycles. The molecule has 4 rings (SSSR count). The van der Waals surface area contributed by atoms with E-state index in [1.807, 2.05) is 6.07 Å². The lowest BCUT2D eigenvalue weighted by Gasteiger charge is -2.30. The van der Waals surface area contributed by atoms with Crippen LogP contribution in [0.25, 0.3) is 0 Å². The van der Waals surface area contributed by atoms with Gasteiger partial charge in [-0.2, -0.15) is 5.10 Å². The number of nitrogens with zero attached hydrogens (tertiary/aromatic N) is 5. The molecule has 2 aromatic heterocycles. The van der Waals surface area contributed by atoms with Gasteiger partial charge in [0.05, 0.1) is 18.3 Å². The summed E-state index contributed by atoms with van der Waals surface area (Å²) >= 11 is 0. The van der Waals surface area contributed by atoms with Crippen molar-refractivity contribution in [1.29, 1.82) is 0 Å². The third-order valence-electron chi connectivity index (χ3n) is 5.77. The molecule has 0 bridgehead atoms. The second-order valence-electron chi connectivity index (χ2n) is 8.81. The van der Waals surface area contributed by atoms with Gasteiger partial charge in [0, 0.05) is 29.3 Å². The molecule has 1 aliphatic carbocycles. The summed E-state index contributed by atoms with van der Waals surface area (Å²) in [6, 6.07) is 3.76. The zero-order valence-electron chi connectivity index (χ0n) is 16.6. The predicted molar refractivity (Wildman–Crippen MR) is 106 cm³/mol. The van der Waals surface area contributed by atoms with Gasteiger partial charge in [0.1, 0.15) is 12.1 Å². The molecule has 1 unspecified atom stereocenters. The van der Waals surface area contributed by atoms with Gasteiger partial charge in [0.2, 0.25) is 0 Å². The maximum absolute atomic E-state index is 12.4. The summed E-state index contributed by atoms with van der Waals surface area (Å²) in [5.41, 5.74) is 3.38. The highest BCUT2D eigenvalue weighted by molar-refractivity contribution is 5.51. The van der Waals surface area contributed by atoms with E-state index in [1.165, 1.54) is 24.1 Å². The van der Waals surface area contributed by atoms with E-state index in [0.29, 0.717) is 6.54 Å². The molecule has 0 aromatic carbocycles. The first-order valence-corrected chi connectivity index (χ1v) is 10.1. The van der Waals surface area contributed by atoms with Crippen molar-refractivity contribution in [1.82, 2.24) is 19.7 Å². The largest absolute Gasteiger partial charge is 0.351 e. The normalized spacial score (nSPS) is 20.0. The first-order chi connectivity index (χ1) is 12.9. The Balaban J connectivity index is 1.63. The molecule has 0 spiro atoms. The highest BCUT2D eigenvalue weighted by atomic mass is 16.1. The summed E-state index contributed by atoms with van der Waals surface area (Å²) < 4.78 is 1.65. The van der Waals surface area contributed by atoms with E-state index in [4.69, 9.17) is 0 Å². The smallest absolute Gasteiger partial charge is 0.266 e. The number of aromatic nitrogens is 4. The molecule has 27 heavy (non-hydrogen) atoms. The average Bonchev–Trinajstić information content (AvgIpc) is 3.10. The summed E-state index contributed by atoms with van der Waals surface area (Å²) in [5, 5.41) is 4.67. The van der Waals surface area contributed by atoms with Crippen LogP contribution < -0.4 is 10.5 Å². The van der Waals surface area contributed by atoms with Crippen molar-refractivity contribution in [3.63, 3.8) is 0 Å². The van der Waals surface area contributed by atoms with Crippen LogP contribution >= 0.6 is 0 Å². The Morgan fingerprint density at radius 3 is 2.74 bits per heavy atom. The monoisotopic (exact) mass is 367 g/mol. The van der Waals surface area contributed by atoms with E-state index >= 15 is 0 Å². The van der Waals surface area contributed by atoms with Crippen molar-refractivity contribution in [3.05, 3.63) is 45.8 Å². The SMILES string of the molecule is CC(C)(C)c1ccc(=O)n(CC2CCCN2c2ncnc3c2CCCC3)n1. The fourth-order valence-electron chi connectivity index (χ4n) is 4.24. The quantitative estimate of drug-likeness (QED) is 0.835. The molecule has 1 aliphatic heterocycles. The van der Waals surface area contributed by atoms with Crippen LogP contribution in [0.2, 0.25) is 0 Å². The molecule has 0 amide bonds. The van der Waals surface area contributed by atoms with Crippen molar-refractivity contribution < 1.29 is 0 Å². The Morgan fingerprint density at radius 2 is 1.93 bits per heavy atom. The number of hydrogen-bond donors (Lipinski definition) is 0. The molecular weight excluding hydrogens is 338 g/mol. The highest BCUT2D eigenvalue weighted by Crippen LogP contribution is 2.32. The number of aryl methyl sites for hydroxylation is 1. The van der Waals surface area contributed by atoms with Crippen LogP contribution in [0.15, 0.2) is 23.3 Å². The van der Waals surface area contributed by atoms with Crippen molar-refractivity contribution >= 4 is 5.82 Å². The van der Waals surface area contributed by atoms with Crippen molar-refractivity contribution in [2.45, 2.75) is 77.3 Å². The number of rotatable bonds is 3. The van der Waals surface area contributed by atoms with Crippen LogP contribution in [0.1, 0.15) is 63.4 Å². The Kier molecular flexibility index (Phi) is 4.74. The Labute approximate surface area is 160 Å². The van der Waals surface area contributed by atoms with Gasteiger partial charge in [0.25, 0.3) is 5.56 Å². The zero-order chi connectivity index (χ0) is 19.0. The first-order valence-electron chi connectivity index (χ1n) is 10.1. The molecule has 1 atom stereocenters. The van der Waals surface area contributed by atoms with Crippen molar-refractivity contribution in [2.75, 3.05) is 11.4 Å². The van der Waals surface area contributed by atoms with Gasteiger partial charge in [0.15, 0.2) is 0 Å². The minimum atomic E-state index is -0.0729. The van der Waals surface area contributed by atoms with E-state index in [0.717, 1.165) is 43.7 Å². The zero-order valence-corrected chi connectivity index (χ0v) is 16.6. The molecule has 144 valence electrons. The minimum Gasteiger partial charge on any atom is -0.351 e. The molecule has 0 saturated carbocycles. The summed E-state index contributed by atoms with van der Waals surface area (Å²) in [6.45, 7) is 7.97. The van der Waals surface area contributed by atoms with Gasteiger partial charge < -0.3 is 4.90 Å². The lowest BCUT2D eigenvalue weighted by atomic mass is 9.92. The molecule has 3 heterocycles. The third kappa shape index (κ3) is 3.62. The van der Waals surface area contributed by atoms with E-state index in [1.54, 1.807) is 17.1 Å². The fourth-order valence-corrected chi connectivity index (χ4v) is 4.24. The second kappa shape index (κ2) is 7.06. The topological polar surface area (TPSA) is 63.9 Å². The van der Waals surface area contributed by atoms with Crippen LogP contribution in [-0.2, 0) is 24.8 Å². The van der Waals surface area contributed by atoms with E-state index in [-0.39, 0.29) is 17.0 Å². The van der Waals surface area contributed by atoms with E-state index in [9.17, 15) is 4.79 Å². The summed E-state index contributed by atoms with van der Waals surface area (Å²) in [5.74, 6) is 1.09. The van der Waals surface area contributed by atoms with Crippen molar-refractivity contribution in [2.24, 2.45) is 0 Å². The molecule has 0 N–H and O–H groups in total. The third-order valence-corrected chi connectivity index (χ3v) is 5.77. The fraction of sp³-hybridized carbons (Fsp3) is 0.619. The first kappa shape index (κ1) is 18.1. The molecule has 2 aliphatic rings. The van der Waals surface area contributed by atoms with E-state index in [2.05, 4.69) is 40.7 Å². The average molecular weight is 367 g/mol. The Morgan fingerprint density at radius 1 is 1.11 bits per heavy atom. The molecule has 6 nitrogen and oxygen atoms in total. The van der Waals surface area contributed by atoms with Crippen LogP contribution in [0.5, 0.6) is 0 Å². The standard InChI is InChI=1S/C21H29N5O/c1-21(2,3)18-10-11-19(27)26(24-18)13-15-7-6-12-25(15)20-16-8-4-5-9-17(16)22-14-23-20/h10-11,14-15H,4-9,12-13H2,1-3H3. The van der Waals surface area contributed by atoms with Gasteiger partial charge in [-0.25, -0.2) is 14.6 Å². The molecular formula is C21H29N5O. The summed E-state index contributed by atoms with van der Waals surface area (Å²) in [4.78, 5) is 24.0. The van der Waals surface area contributed by atoms with Gasteiger partial charge in [-0.1, -0.05) is 20.8 Å². The molecule has 6 heteroatoms. The summed E-state index contributed by atoms with van der Waals surface area (Å²) in [7, 11) is 0. The molecule has 0 radical (unpaired) electrons. The van der Waals surface area contributed by atoms with Gasteiger partial charge >= 0.3 is 0 Å². The van der Waals surface area contributed by atoms with Gasteiger partial charge in [-0.3, -0.25) is 4.79 Å². The van der Waals surface area contributed by atoms with Gasteiger partial charge in [-0.15, -0.1) is 0 Å². The minimum absolute atomic E-state index is 0.0282. The Hall–Kier alpha value is -2.24. The molecule has 2 aromatic rings. The van der Waals surface area contributed by atoms with Crippen LogP contribution in [0, 0.1) is 0 Å². The lowest BCUT2D eigenvalue weighted by Crippen LogP contribution is -2.39. The van der Waals surface area contributed by atoms with Crippen LogP contribution in [0.4, 0.5) is 5.82 Å². The maximum atomic E-state index is 12.4. The number of fused-ring (bicyclic) bond motifs is 1. The van der Waals surface area contributed by atoms with E-state index < -0.39 is 0 Å². The molecule has 1 fully saturated rings. The number of hydrogen-bond acceptors (Lipinski definition) is 5. The van der Waals surface area contributed by atoms with Gasteiger partial charge in [-0.05, 0) is 44.6 Å². The Bertz CT molecular complexity index is 883. The second-order valence-corrected chi connectivity index (χ2v) is 8.81. The van der Waals surface area contributed by atoms with Crippen molar-refractivity contribution in [3.8, 4) is 0 Å².